The highest BCUT2D eigenvalue weighted by atomic mass is 35.5. The van der Waals surface area contributed by atoms with Gasteiger partial charge >= 0.3 is 0 Å². The number of benzene rings is 2. The molecule has 0 aromatic heterocycles. The van der Waals surface area contributed by atoms with E-state index in [2.05, 4.69) is 4.72 Å². The van der Waals surface area contributed by atoms with Gasteiger partial charge in [0.25, 0.3) is 10.0 Å². The van der Waals surface area contributed by atoms with Crippen molar-refractivity contribution in [2.75, 3.05) is 4.72 Å². The summed E-state index contributed by atoms with van der Waals surface area (Å²) in [5, 5.41) is -0.196. The number of likely N-dealkylation sites (tertiary alicyclic amines) is 1. The van der Waals surface area contributed by atoms with Gasteiger partial charge in [0.1, 0.15) is 5.82 Å². The number of hydrogen-bond donors (Lipinski definition) is 1. The van der Waals surface area contributed by atoms with Crippen molar-refractivity contribution in [3.63, 3.8) is 0 Å². The van der Waals surface area contributed by atoms with Gasteiger partial charge < -0.3 is 0 Å². The van der Waals surface area contributed by atoms with Crippen molar-refractivity contribution in [2.45, 2.75) is 44.0 Å². The van der Waals surface area contributed by atoms with Gasteiger partial charge in [0.2, 0.25) is 11.8 Å². The summed E-state index contributed by atoms with van der Waals surface area (Å²) in [5.74, 6) is -1.49. The molecule has 1 aliphatic carbocycles. The molecule has 1 aliphatic heterocycles. The summed E-state index contributed by atoms with van der Waals surface area (Å²) < 4.78 is 41.7. The molecule has 0 unspecified atom stereocenters. The van der Waals surface area contributed by atoms with E-state index >= 15 is 0 Å². The molecular weight excluding hydrogens is 443 g/mol. The van der Waals surface area contributed by atoms with E-state index < -0.39 is 15.8 Å². The Morgan fingerprint density at radius 2 is 1.71 bits per heavy atom. The monoisotopic (exact) mass is 464 g/mol. The van der Waals surface area contributed by atoms with Gasteiger partial charge in [0, 0.05) is 0 Å². The summed E-state index contributed by atoms with van der Waals surface area (Å²) >= 11 is 5.74. The molecule has 2 aliphatic rings. The Hall–Kier alpha value is -2.45. The number of rotatable bonds is 5. The number of sulfonamides is 1. The molecule has 2 aromatic rings. The van der Waals surface area contributed by atoms with Crippen LogP contribution in [0.25, 0.3) is 0 Å². The first kappa shape index (κ1) is 21.8. The highest BCUT2D eigenvalue weighted by molar-refractivity contribution is 7.92. The number of anilines is 1. The van der Waals surface area contributed by atoms with E-state index in [1.54, 1.807) is 19.1 Å². The normalized spacial score (nSPS) is 21.3. The molecule has 2 atom stereocenters. The molecule has 1 heterocycles. The van der Waals surface area contributed by atoms with E-state index in [1.807, 2.05) is 0 Å². The smallest absolute Gasteiger partial charge is 0.262 e. The van der Waals surface area contributed by atoms with Gasteiger partial charge in [-0.1, -0.05) is 36.6 Å². The molecule has 2 fully saturated rings. The van der Waals surface area contributed by atoms with Crippen LogP contribution in [0.4, 0.5) is 10.1 Å². The van der Waals surface area contributed by atoms with Crippen molar-refractivity contribution in [3.8, 4) is 0 Å². The number of imide groups is 1. The molecule has 164 valence electrons. The maximum Gasteiger partial charge on any atom is 0.262 e. The zero-order valence-electron chi connectivity index (χ0n) is 16.9. The van der Waals surface area contributed by atoms with E-state index in [1.165, 1.54) is 23.1 Å². The van der Waals surface area contributed by atoms with Gasteiger partial charge in [-0.3, -0.25) is 19.2 Å². The second-order valence-corrected chi connectivity index (χ2v) is 10.2. The quantitative estimate of drug-likeness (QED) is 0.670. The number of nitrogens with one attached hydrogen (secondary N) is 1. The molecule has 9 heteroatoms. The van der Waals surface area contributed by atoms with Gasteiger partial charge in [-0.2, -0.15) is 0 Å². The highest BCUT2D eigenvalue weighted by Gasteiger charge is 2.47. The highest BCUT2D eigenvalue weighted by Crippen LogP contribution is 2.38. The van der Waals surface area contributed by atoms with E-state index in [0.29, 0.717) is 11.1 Å². The van der Waals surface area contributed by atoms with Crippen molar-refractivity contribution in [2.24, 2.45) is 11.8 Å². The second kappa shape index (κ2) is 8.24. The Labute approximate surface area is 185 Å². The van der Waals surface area contributed by atoms with E-state index in [9.17, 15) is 22.4 Å². The van der Waals surface area contributed by atoms with Crippen LogP contribution in [-0.4, -0.2) is 25.1 Å². The average molecular weight is 465 g/mol. The fourth-order valence-electron chi connectivity index (χ4n) is 4.37. The molecule has 1 N–H and O–H groups in total. The maximum absolute atomic E-state index is 13.4. The van der Waals surface area contributed by atoms with E-state index in [4.69, 9.17) is 11.6 Å². The lowest BCUT2D eigenvalue weighted by molar-refractivity contribution is -0.140. The molecule has 6 nitrogen and oxygen atoms in total. The lowest BCUT2D eigenvalue weighted by Crippen LogP contribution is -2.30. The summed E-state index contributed by atoms with van der Waals surface area (Å²) in [5.41, 5.74) is 1.17. The number of halogens is 2. The van der Waals surface area contributed by atoms with Crippen molar-refractivity contribution in [1.29, 1.82) is 0 Å². The standard InChI is InChI=1S/C22H22ClFN2O4S/c1-13-6-7-14(12-26-21(27)16-4-2-3-5-17(16)22(26)28)10-20(13)31(29,30)25-15-8-9-19(24)18(23)11-15/h6-11,16-17,25H,2-5,12H2,1H3/t16-,17+. The first-order chi connectivity index (χ1) is 14.7. The van der Waals surface area contributed by atoms with Crippen LogP contribution in [0.5, 0.6) is 0 Å². The summed E-state index contributed by atoms with van der Waals surface area (Å²) in [4.78, 5) is 26.7. The minimum absolute atomic E-state index is 0.0157. The Bertz CT molecular complexity index is 1140. The van der Waals surface area contributed by atoms with Crippen LogP contribution in [0, 0.1) is 24.6 Å². The Morgan fingerprint density at radius 3 is 2.32 bits per heavy atom. The first-order valence-electron chi connectivity index (χ1n) is 10.1. The van der Waals surface area contributed by atoms with Crippen LogP contribution in [0.2, 0.25) is 5.02 Å². The number of amides is 2. The summed E-state index contributed by atoms with van der Waals surface area (Å²) in [7, 11) is -4.00. The van der Waals surface area contributed by atoms with Crippen LogP contribution >= 0.6 is 11.6 Å². The minimum atomic E-state index is -4.00. The van der Waals surface area contributed by atoms with Crippen LogP contribution in [-0.2, 0) is 26.2 Å². The predicted octanol–water partition coefficient (Wildman–Crippen LogP) is 4.26. The van der Waals surface area contributed by atoms with E-state index in [-0.39, 0.29) is 45.8 Å². The number of carbonyl (C=O) groups excluding carboxylic acids is 2. The Balaban J connectivity index is 1.59. The van der Waals surface area contributed by atoms with Crippen LogP contribution in [0.1, 0.15) is 36.8 Å². The zero-order chi connectivity index (χ0) is 22.3. The van der Waals surface area contributed by atoms with Crippen LogP contribution in [0.3, 0.4) is 0 Å². The summed E-state index contributed by atoms with van der Waals surface area (Å²) in [6.45, 7) is 1.69. The zero-order valence-corrected chi connectivity index (χ0v) is 18.5. The third kappa shape index (κ3) is 4.19. The van der Waals surface area contributed by atoms with Gasteiger partial charge in [0.05, 0.1) is 34.0 Å². The molecule has 4 rings (SSSR count). The number of fused-ring (bicyclic) bond motifs is 1. The molecule has 1 saturated heterocycles. The molecule has 0 spiro atoms. The molecule has 0 radical (unpaired) electrons. The molecular formula is C22H22ClFN2O4S. The van der Waals surface area contributed by atoms with Crippen LogP contribution < -0.4 is 4.72 Å². The predicted molar refractivity (Wildman–Crippen MR) is 114 cm³/mol. The van der Waals surface area contributed by atoms with Gasteiger partial charge in [-0.05, 0) is 55.2 Å². The molecule has 1 saturated carbocycles. The number of aryl methyl sites for hydroxylation is 1. The molecule has 2 aromatic carbocycles. The molecule has 2 amide bonds. The van der Waals surface area contributed by atoms with Crippen molar-refractivity contribution in [1.82, 2.24) is 4.90 Å². The molecule has 0 bridgehead atoms. The third-order valence-corrected chi connectivity index (χ3v) is 7.80. The largest absolute Gasteiger partial charge is 0.280 e. The Kier molecular flexibility index (Phi) is 5.79. The van der Waals surface area contributed by atoms with Crippen molar-refractivity contribution < 1.29 is 22.4 Å². The summed E-state index contributed by atoms with van der Waals surface area (Å²) in [6, 6.07) is 8.36. The fraction of sp³-hybridized carbons (Fsp3) is 0.364. The van der Waals surface area contributed by atoms with Gasteiger partial charge in [0.15, 0.2) is 0 Å². The maximum atomic E-state index is 13.4. The third-order valence-electron chi connectivity index (χ3n) is 5.99. The van der Waals surface area contributed by atoms with Crippen molar-refractivity contribution >= 4 is 39.1 Å². The number of nitrogens with zero attached hydrogens (tertiary/aromatic N) is 1. The van der Waals surface area contributed by atoms with Gasteiger partial charge in [-0.15, -0.1) is 0 Å². The lowest BCUT2D eigenvalue weighted by atomic mass is 9.81. The second-order valence-electron chi connectivity index (χ2n) is 8.09. The van der Waals surface area contributed by atoms with Gasteiger partial charge in [-0.25, -0.2) is 12.8 Å². The summed E-state index contributed by atoms with van der Waals surface area (Å²) in [6.07, 6.45) is 3.34. The Morgan fingerprint density at radius 1 is 1.06 bits per heavy atom. The average Bonchev–Trinajstić information content (AvgIpc) is 2.97. The SMILES string of the molecule is Cc1ccc(CN2C(=O)[C@H]3CCCC[C@H]3C2=O)cc1S(=O)(=O)Nc1ccc(F)c(Cl)c1. The molecule has 31 heavy (non-hydrogen) atoms. The minimum Gasteiger partial charge on any atom is -0.280 e. The van der Waals surface area contributed by atoms with E-state index in [0.717, 1.165) is 31.7 Å². The topological polar surface area (TPSA) is 83.6 Å². The first-order valence-corrected chi connectivity index (χ1v) is 12.0. The van der Waals surface area contributed by atoms with Crippen molar-refractivity contribution in [3.05, 3.63) is 58.4 Å². The number of hydrogen-bond acceptors (Lipinski definition) is 4. The fourth-order valence-corrected chi connectivity index (χ4v) is 5.90. The number of carbonyl (C=O) groups is 2. The lowest BCUT2D eigenvalue weighted by Gasteiger charge is -2.19. The van der Waals surface area contributed by atoms with Crippen LogP contribution in [0.15, 0.2) is 41.3 Å².